The average Bonchev–Trinajstić information content (AvgIpc) is 2.34. The van der Waals surface area contributed by atoms with Crippen LogP contribution in [-0.4, -0.2) is 32.0 Å². The highest BCUT2D eigenvalue weighted by molar-refractivity contribution is 5.97. The quantitative estimate of drug-likeness (QED) is 0.612. The molecule has 92 valence electrons. The first-order chi connectivity index (χ1) is 8.15. The van der Waals surface area contributed by atoms with Crippen molar-refractivity contribution in [1.82, 2.24) is 10.6 Å². The normalized spacial score (nSPS) is 9.94. The fourth-order valence-electron chi connectivity index (χ4n) is 1.36. The van der Waals surface area contributed by atoms with Gasteiger partial charge in [0.25, 0.3) is 5.91 Å². The van der Waals surface area contributed by atoms with Crippen molar-refractivity contribution in [3.8, 4) is 0 Å². The van der Waals surface area contributed by atoms with Crippen LogP contribution in [0.15, 0.2) is 24.3 Å². The van der Waals surface area contributed by atoms with E-state index in [-0.39, 0.29) is 5.91 Å². The summed E-state index contributed by atoms with van der Waals surface area (Å²) < 4.78 is 0. The van der Waals surface area contributed by atoms with Crippen LogP contribution in [0.2, 0.25) is 0 Å². The molecule has 0 atom stereocenters. The van der Waals surface area contributed by atoms with Gasteiger partial charge in [0, 0.05) is 17.7 Å². The molecule has 0 saturated carbocycles. The molecule has 5 nitrogen and oxygen atoms in total. The van der Waals surface area contributed by atoms with Crippen LogP contribution in [0.3, 0.4) is 0 Å². The monoisotopic (exact) mass is 235 g/mol. The second kappa shape index (κ2) is 6.65. The minimum atomic E-state index is -0.494. The number of carbonyl (C=O) groups excluding carboxylic acids is 2. The number of nitrogens with one attached hydrogen (secondary N) is 2. The first-order valence-electron chi connectivity index (χ1n) is 5.48. The van der Waals surface area contributed by atoms with Gasteiger partial charge >= 0.3 is 0 Å². The van der Waals surface area contributed by atoms with Crippen LogP contribution in [0.1, 0.15) is 27.1 Å². The van der Waals surface area contributed by atoms with Gasteiger partial charge in [-0.3, -0.25) is 9.59 Å². The maximum atomic E-state index is 11.6. The highest BCUT2D eigenvalue weighted by Crippen LogP contribution is 2.03. The molecule has 0 aliphatic heterocycles. The molecule has 17 heavy (non-hydrogen) atoms. The Morgan fingerprint density at radius 3 is 2.24 bits per heavy atom. The molecule has 2 amide bonds. The molecule has 0 bridgehead atoms. The molecule has 0 saturated heterocycles. The SMILES string of the molecule is CNCCCNC(=O)c1ccc(C(N)=O)cc1. The van der Waals surface area contributed by atoms with Crippen LogP contribution in [0.25, 0.3) is 0 Å². The lowest BCUT2D eigenvalue weighted by molar-refractivity contribution is 0.0950. The predicted molar refractivity (Wildman–Crippen MR) is 65.8 cm³/mol. The van der Waals surface area contributed by atoms with Crippen molar-refractivity contribution in [2.75, 3.05) is 20.1 Å². The van der Waals surface area contributed by atoms with E-state index in [1.807, 2.05) is 7.05 Å². The second-order valence-corrected chi connectivity index (χ2v) is 3.65. The molecule has 1 aromatic rings. The van der Waals surface area contributed by atoms with Gasteiger partial charge in [0.2, 0.25) is 5.91 Å². The van der Waals surface area contributed by atoms with E-state index in [2.05, 4.69) is 10.6 Å². The van der Waals surface area contributed by atoms with E-state index >= 15 is 0 Å². The van der Waals surface area contributed by atoms with Crippen LogP contribution in [-0.2, 0) is 0 Å². The third-order valence-corrected chi connectivity index (χ3v) is 2.32. The van der Waals surface area contributed by atoms with Crippen LogP contribution < -0.4 is 16.4 Å². The zero-order chi connectivity index (χ0) is 12.7. The fraction of sp³-hybridized carbons (Fsp3) is 0.333. The number of amides is 2. The smallest absolute Gasteiger partial charge is 0.251 e. The Balaban J connectivity index is 2.49. The predicted octanol–water partition coefficient (Wildman–Crippen LogP) is 0.125. The number of benzene rings is 1. The first kappa shape index (κ1) is 13.2. The van der Waals surface area contributed by atoms with Crippen molar-refractivity contribution < 1.29 is 9.59 Å². The second-order valence-electron chi connectivity index (χ2n) is 3.65. The van der Waals surface area contributed by atoms with Gasteiger partial charge < -0.3 is 16.4 Å². The van der Waals surface area contributed by atoms with Gasteiger partial charge in [-0.05, 0) is 44.3 Å². The van der Waals surface area contributed by atoms with Crippen molar-refractivity contribution in [3.63, 3.8) is 0 Å². The molecule has 1 aromatic carbocycles. The Morgan fingerprint density at radius 2 is 1.71 bits per heavy atom. The molecule has 0 fully saturated rings. The van der Waals surface area contributed by atoms with E-state index in [4.69, 9.17) is 5.73 Å². The maximum Gasteiger partial charge on any atom is 0.251 e. The number of hydrogen-bond acceptors (Lipinski definition) is 3. The minimum Gasteiger partial charge on any atom is -0.366 e. The third-order valence-electron chi connectivity index (χ3n) is 2.32. The van der Waals surface area contributed by atoms with E-state index in [1.54, 1.807) is 24.3 Å². The van der Waals surface area contributed by atoms with Crippen molar-refractivity contribution >= 4 is 11.8 Å². The largest absolute Gasteiger partial charge is 0.366 e. The highest BCUT2D eigenvalue weighted by atomic mass is 16.2. The van der Waals surface area contributed by atoms with E-state index in [9.17, 15) is 9.59 Å². The van der Waals surface area contributed by atoms with Gasteiger partial charge in [-0.2, -0.15) is 0 Å². The van der Waals surface area contributed by atoms with Crippen LogP contribution in [0.4, 0.5) is 0 Å². The summed E-state index contributed by atoms with van der Waals surface area (Å²) in [5.74, 6) is -0.636. The topological polar surface area (TPSA) is 84.2 Å². The van der Waals surface area contributed by atoms with Gasteiger partial charge in [0.1, 0.15) is 0 Å². The molecule has 0 unspecified atom stereocenters. The summed E-state index contributed by atoms with van der Waals surface area (Å²) in [6, 6.07) is 6.27. The number of rotatable bonds is 6. The molecule has 4 N–H and O–H groups in total. The van der Waals surface area contributed by atoms with Gasteiger partial charge in [-0.1, -0.05) is 0 Å². The summed E-state index contributed by atoms with van der Waals surface area (Å²) in [7, 11) is 1.87. The minimum absolute atomic E-state index is 0.142. The number of hydrogen-bond donors (Lipinski definition) is 3. The Hall–Kier alpha value is -1.88. The summed E-state index contributed by atoms with van der Waals surface area (Å²) in [5, 5.41) is 5.79. The number of carbonyl (C=O) groups is 2. The lowest BCUT2D eigenvalue weighted by Crippen LogP contribution is -2.26. The standard InChI is InChI=1S/C12H17N3O2/c1-14-7-2-8-15-12(17)10-5-3-9(4-6-10)11(13)16/h3-6,14H,2,7-8H2,1H3,(H2,13,16)(H,15,17). The first-order valence-corrected chi connectivity index (χ1v) is 5.48. The lowest BCUT2D eigenvalue weighted by atomic mass is 10.1. The van der Waals surface area contributed by atoms with Crippen LogP contribution in [0, 0.1) is 0 Å². The summed E-state index contributed by atoms with van der Waals surface area (Å²) in [5.41, 5.74) is 6.03. The van der Waals surface area contributed by atoms with E-state index < -0.39 is 5.91 Å². The molecular weight excluding hydrogens is 218 g/mol. The summed E-state index contributed by atoms with van der Waals surface area (Å²) in [4.78, 5) is 22.5. The van der Waals surface area contributed by atoms with Crippen molar-refractivity contribution in [3.05, 3.63) is 35.4 Å². The van der Waals surface area contributed by atoms with Crippen molar-refractivity contribution in [2.24, 2.45) is 5.73 Å². The Labute approximate surface area is 100 Å². The number of primary amides is 1. The Morgan fingerprint density at radius 1 is 1.12 bits per heavy atom. The molecule has 5 heteroatoms. The van der Waals surface area contributed by atoms with E-state index in [1.165, 1.54) is 0 Å². The van der Waals surface area contributed by atoms with E-state index in [0.29, 0.717) is 17.7 Å². The molecular formula is C12H17N3O2. The molecule has 0 aromatic heterocycles. The van der Waals surface area contributed by atoms with Crippen molar-refractivity contribution in [1.29, 1.82) is 0 Å². The molecule has 0 spiro atoms. The lowest BCUT2D eigenvalue weighted by Gasteiger charge is -2.05. The summed E-state index contributed by atoms with van der Waals surface area (Å²) >= 11 is 0. The fourth-order valence-corrected chi connectivity index (χ4v) is 1.36. The molecule has 0 radical (unpaired) electrons. The highest BCUT2D eigenvalue weighted by Gasteiger charge is 2.05. The van der Waals surface area contributed by atoms with Crippen LogP contribution in [0.5, 0.6) is 0 Å². The van der Waals surface area contributed by atoms with Gasteiger partial charge in [0.05, 0.1) is 0 Å². The summed E-state index contributed by atoms with van der Waals surface area (Å²) in [6.45, 7) is 1.48. The Bertz CT molecular complexity index is 387. The zero-order valence-corrected chi connectivity index (χ0v) is 9.82. The van der Waals surface area contributed by atoms with Gasteiger partial charge in [-0.25, -0.2) is 0 Å². The van der Waals surface area contributed by atoms with Crippen LogP contribution >= 0.6 is 0 Å². The number of nitrogens with two attached hydrogens (primary N) is 1. The van der Waals surface area contributed by atoms with Crippen molar-refractivity contribution in [2.45, 2.75) is 6.42 Å². The summed E-state index contributed by atoms with van der Waals surface area (Å²) in [6.07, 6.45) is 0.877. The molecule has 0 aliphatic rings. The molecule has 1 rings (SSSR count). The van der Waals surface area contributed by atoms with E-state index in [0.717, 1.165) is 13.0 Å². The Kier molecular flexibility index (Phi) is 5.16. The third kappa shape index (κ3) is 4.24. The maximum absolute atomic E-state index is 11.6. The van der Waals surface area contributed by atoms with Gasteiger partial charge in [-0.15, -0.1) is 0 Å². The molecule has 0 heterocycles. The van der Waals surface area contributed by atoms with Gasteiger partial charge in [0.15, 0.2) is 0 Å². The molecule has 0 aliphatic carbocycles. The average molecular weight is 235 g/mol. The zero-order valence-electron chi connectivity index (χ0n) is 9.82.